The molecule has 74 heavy (non-hydrogen) atoms. The molecule has 4 heterocycles. The predicted octanol–water partition coefficient (Wildman–Crippen LogP) is 20.8. The Morgan fingerprint density at radius 2 is 0.757 bits per heavy atom. The zero-order valence-electron chi connectivity index (χ0n) is 41.3. The van der Waals surface area contributed by atoms with E-state index in [-0.39, 0.29) is 0 Å². The van der Waals surface area contributed by atoms with Crippen LogP contribution in [0.3, 0.4) is 0 Å². The molecule has 0 amide bonds. The molecule has 0 aliphatic heterocycles. The molecule has 0 saturated carbocycles. The Bertz CT molecular complexity index is 4740. The monoisotopic (exact) mass is 956 g/mol. The molecule has 0 spiro atoms. The van der Waals surface area contributed by atoms with Crippen molar-refractivity contribution < 1.29 is 17.7 Å². The van der Waals surface area contributed by atoms with Gasteiger partial charge in [0.1, 0.15) is 44.7 Å². The maximum absolute atomic E-state index is 6.96. The first-order chi connectivity index (χ1) is 36.3. The highest BCUT2D eigenvalue weighted by atomic mass is 16.3. The highest BCUT2D eigenvalue weighted by Crippen LogP contribution is 2.48. The van der Waals surface area contributed by atoms with Crippen LogP contribution in [0.2, 0.25) is 0 Å². The average Bonchev–Trinajstić information content (AvgIpc) is 4.24. The minimum Gasteiger partial charge on any atom is -0.456 e. The molecule has 15 rings (SSSR count). The van der Waals surface area contributed by atoms with Crippen LogP contribution in [0.4, 0.5) is 34.1 Å². The van der Waals surface area contributed by atoms with Crippen LogP contribution in [0.1, 0.15) is 50.7 Å². The summed E-state index contributed by atoms with van der Waals surface area (Å²) >= 11 is 0. The van der Waals surface area contributed by atoms with Gasteiger partial charge in [0.05, 0.1) is 5.69 Å². The summed E-state index contributed by atoms with van der Waals surface area (Å²) in [5.41, 5.74) is 15.6. The van der Waals surface area contributed by atoms with Crippen molar-refractivity contribution in [1.82, 2.24) is 0 Å². The van der Waals surface area contributed by atoms with Crippen LogP contribution in [0, 0.1) is 0 Å². The number of para-hydroxylation sites is 2. The summed E-state index contributed by atoms with van der Waals surface area (Å²) in [6.45, 7) is 8.94. The van der Waals surface area contributed by atoms with Crippen LogP contribution in [0.15, 0.2) is 224 Å². The molecule has 0 aliphatic rings. The van der Waals surface area contributed by atoms with E-state index in [1.165, 1.54) is 11.1 Å². The van der Waals surface area contributed by atoms with Crippen LogP contribution in [0.5, 0.6) is 0 Å². The van der Waals surface area contributed by atoms with Gasteiger partial charge in [0.15, 0.2) is 0 Å². The summed E-state index contributed by atoms with van der Waals surface area (Å²) in [5, 5.41) is 13.0. The molecule has 6 nitrogen and oxygen atoms in total. The Morgan fingerprint density at radius 3 is 1.39 bits per heavy atom. The van der Waals surface area contributed by atoms with E-state index >= 15 is 0 Å². The molecular weight excluding hydrogens is 909 g/mol. The van der Waals surface area contributed by atoms with E-state index < -0.39 is 0 Å². The van der Waals surface area contributed by atoms with Crippen molar-refractivity contribution in [3.63, 3.8) is 0 Å². The number of hydrogen-bond donors (Lipinski definition) is 0. The van der Waals surface area contributed by atoms with Gasteiger partial charge < -0.3 is 27.5 Å². The topological polar surface area (TPSA) is 59.0 Å². The number of rotatable bonds is 8. The van der Waals surface area contributed by atoms with Crippen LogP contribution in [-0.4, -0.2) is 0 Å². The summed E-state index contributed by atoms with van der Waals surface area (Å²) in [4.78, 5) is 4.70. The van der Waals surface area contributed by atoms with Crippen molar-refractivity contribution in [1.29, 1.82) is 0 Å². The van der Waals surface area contributed by atoms with Crippen LogP contribution in [-0.2, 0) is 0 Å². The Kier molecular flexibility index (Phi) is 9.24. The third-order valence-corrected chi connectivity index (χ3v) is 15.4. The number of benzene rings is 11. The number of anilines is 6. The summed E-state index contributed by atoms with van der Waals surface area (Å²) in [6, 6.07) is 73.8. The van der Waals surface area contributed by atoms with Gasteiger partial charge in [-0.2, -0.15) is 0 Å². The second-order valence-corrected chi connectivity index (χ2v) is 20.4. The van der Waals surface area contributed by atoms with E-state index in [0.717, 1.165) is 143 Å². The largest absolute Gasteiger partial charge is 0.456 e. The van der Waals surface area contributed by atoms with Crippen molar-refractivity contribution in [3.8, 4) is 0 Å². The van der Waals surface area contributed by atoms with Crippen molar-refractivity contribution in [3.05, 3.63) is 217 Å². The van der Waals surface area contributed by atoms with Crippen molar-refractivity contribution in [2.24, 2.45) is 0 Å². The SMILES string of the molecule is CC(C)c1ccc(N(c2ccc3c(ccc4c5cc6c(cc5oc34)oc3cc(N(c4ccc(C(C)C)cc4)c4ccc5oc7ccccc7c5c4)c4ccccc4c36)c2)c2ccc3oc4ccccc4c3c2)cc1. The molecule has 0 atom stereocenters. The zero-order chi connectivity index (χ0) is 49.3. The fourth-order valence-corrected chi connectivity index (χ4v) is 11.6. The first kappa shape index (κ1) is 42.4. The molecular formula is C68H48N2O4. The van der Waals surface area contributed by atoms with Gasteiger partial charge in [-0.25, -0.2) is 0 Å². The van der Waals surface area contributed by atoms with E-state index in [9.17, 15) is 0 Å². The fraction of sp³-hybridized carbons (Fsp3) is 0.0882. The lowest BCUT2D eigenvalue weighted by molar-refractivity contribution is 0.658. The van der Waals surface area contributed by atoms with Gasteiger partial charge in [-0.15, -0.1) is 0 Å². The third kappa shape index (κ3) is 6.51. The van der Waals surface area contributed by atoms with E-state index in [2.05, 4.69) is 219 Å². The summed E-state index contributed by atoms with van der Waals surface area (Å²) in [7, 11) is 0. The molecule has 0 radical (unpaired) electrons. The van der Waals surface area contributed by atoms with Crippen molar-refractivity contribution >= 4 is 143 Å². The number of fused-ring (bicyclic) bond motifs is 16. The van der Waals surface area contributed by atoms with Gasteiger partial charge >= 0.3 is 0 Å². The molecule has 15 aromatic rings. The third-order valence-electron chi connectivity index (χ3n) is 15.4. The Balaban J connectivity index is 0.874. The Labute approximate surface area is 425 Å². The number of hydrogen-bond acceptors (Lipinski definition) is 6. The van der Waals surface area contributed by atoms with Crippen LogP contribution >= 0.6 is 0 Å². The fourth-order valence-electron chi connectivity index (χ4n) is 11.6. The molecule has 4 aromatic heterocycles. The molecule has 354 valence electrons. The maximum Gasteiger partial charge on any atom is 0.143 e. The van der Waals surface area contributed by atoms with Gasteiger partial charge in [-0.05, 0) is 137 Å². The minimum atomic E-state index is 0.411. The van der Waals surface area contributed by atoms with Crippen LogP contribution < -0.4 is 9.80 Å². The molecule has 0 saturated heterocycles. The van der Waals surface area contributed by atoms with Crippen molar-refractivity contribution in [2.75, 3.05) is 9.80 Å². The Hall–Kier alpha value is -9.26. The lowest BCUT2D eigenvalue weighted by Gasteiger charge is -2.27. The maximum atomic E-state index is 6.96. The Morgan fingerprint density at radius 1 is 0.284 bits per heavy atom. The number of furan rings is 4. The highest BCUT2D eigenvalue weighted by molar-refractivity contribution is 6.26. The lowest BCUT2D eigenvalue weighted by atomic mass is 9.99. The first-order valence-electron chi connectivity index (χ1n) is 25.6. The molecule has 0 bridgehead atoms. The number of nitrogens with zero attached hydrogens (tertiary/aromatic N) is 2. The van der Waals surface area contributed by atoms with Gasteiger partial charge in [0, 0.05) is 94.4 Å². The van der Waals surface area contributed by atoms with Gasteiger partial charge in [-0.3, -0.25) is 0 Å². The lowest BCUT2D eigenvalue weighted by Crippen LogP contribution is -2.10. The minimum absolute atomic E-state index is 0.411. The van der Waals surface area contributed by atoms with E-state index in [1.807, 2.05) is 24.3 Å². The molecule has 11 aromatic carbocycles. The molecule has 6 heteroatoms. The predicted molar refractivity (Wildman–Crippen MR) is 308 cm³/mol. The average molecular weight is 957 g/mol. The zero-order valence-corrected chi connectivity index (χ0v) is 41.3. The van der Waals surface area contributed by atoms with E-state index in [4.69, 9.17) is 17.7 Å². The van der Waals surface area contributed by atoms with Crippen LogP contribution in [0.25, 0.3) is 109 Å². The van der Waals surface area contributed by atoms with Gasteiger partial charge in [-0.1, -0.05) is 119 Å². The van der Waals surface area contributed by atoms with E-state index in [0.29, 0.717) is 11.8 Å². The van der Waals surface area contributed by atoms with Gasteiger partial charge in [0.2, 0.25) is 0 Å². The molecule has 0 fully saturated rings. The van der Waals surface area contributed by atoms with E-state index in [1.54, 1.807) is 0 Å². The quantitative estimate of drug-likeness (QED) is 0.151. The molecule has 0 N–H and O–H groups in total. The second kappa shape index (κ2) is 16.1. The normalized spacial score (nSPS) is 12.3. The summed E-state index contributed by atoms with van der Waals surface area (Å²) < 4.78 is 26.4. The highest BCUT2D eigenvalue weighted by Gasteiger charge is 2.24. The first-order valence-corrected chi connectivity index (χ1v) is 25.6. The van der Waals surface area contributed by atoms with Crippen molar-refractivity contribution in [2.45, 2.75) is 39.5 Å². The smallest absolute Gasteiger partial charge is 0.143 e. The summed E-state index contributed by atoms with van der Waals surface area (Å²) in [5.74, 6) is 0.841. The standard InChI is InChI=1S/C68H48N2O4/c1-39(2)41-17-22-44(23-18-41)69(47-27-31-62-55(34-47)51-12-7-9-15-60(51)71-62)46-26-30-49-43(33-46)21-29-54-57-36-58-65(38-64(57)74-68(49)54)73-66-37-59(50-11-5-6-14-53(50)67(58)66)70(45-24-19-42(20-25-45)40(3)4)48-28-32-63-56(35-48)52-13-8-10-16-61(52)72-63/h5-40H,1-4H3. The summed E-state index contributed by atoms with van der Waals surface area (Å²) in [6.07, 6.45) is 0. The van der Waals surface area contributed by atoms with Gasteiger partial charge in [0.25, 0.3) is 0 Å². The molecule has 0 unspecified atom stereocenters. The molecule has 0 aliphatic carbocycles. The second-order valence-electron chi connectivity index (χ2n) is 20.4.